The Kier molecular flexibility index (Phi) is 6.77. The maximum Gasteiger partial charge on any atom is 0.274 e. The second-order valence-electron chi connectivity index (χ2n) is 8.62. The normalized spacial score (nSPS) is 15.2. The predicted octanol–water partition coefficient (Wildman–Crippen LogP) is 5.08. The van der Waals surface area contributed by atoms with Crippen molar-refractivity contribution in [2.75, 3.05) is 22.1 Å². The van der Waals surface area contributed by atoms with Crippen molar-refractivity contribution in [3.8, 4) is 0 Å². The number of halogens is 1. The number of hydrogen-bond acceptors (Lipinski definition) is 6. The highest BCUT2D eigenvalue weighted by Gasteiger charge is 2.28. The topological polar surface area (TPSA) is 92.2 Å². The number of hydrogen-bond donors (Lipinski definition) is 2. The summed E-state index contributed by atoms with van der Waals surface area (Å²) in [6.45, 7) is 2.75. The molecule has 3 aromatic heterocycles. The van der Waals surface area contributed by atoms with Gasteiger partial charge in [0.15, 0.2) is 5.13 Å². The molecule has 0 bridgehead atoms. The number of rotatable bonds is 7. The number of benzene rings is 1. The van der Waals surface area contributed by atoms with E-state index in [-0.39, 0.29) is 17.9 Å². The molecule has 36 heavy (non-hydrogen) atoms. The summed E-state index contributed by atoms with van der Waals surface area (Å²) in [6, 6.07) is 14.5. The molecule has 2 N–H and O–H groups in total. The zero-order valence-corrected chi connectivity index (χ0v) is 20.5. The monoisotopic (exact) mass is 504 g/mol. The van der Waals surface area contributed by atoms with Crippen molar-refractivity contribution in [1.82, 2.24) is 14.5 Å². The quantitative estimate of drug-likeness (QED) is 0.343. The highest BCUT2D eigenvalue weighted by molar-refractivity contribution is 7.14. The third-order valence-electron chi connectivity index (χ3n) is 6.06. The lowest BCUT2D eigenvalue weighted by molar-refractivity contribution is -0.114. The van der Waals surface area contributed by atoms with Gasteiger partial charge in [-0.3, -0.25) is 14.9 Å². The minimum Gasteiger partial charge on any atom is -0.363 e. The molecule has 1 saturated heterocycles. The Bertz CT molecular complexity index is 1380. The number of nitrogens with zero attached hydrogens (tertiary/aromatic N) is 4. The van der Waals surface area contributed by atoms with E-state index in [2.05, 4.69) is 20.5 Å². The van der Waals surface area contributed by atoms with Crippen LogP contribution in [0.1, 0.15) is 47.6 Å². The van der Waals surface area contributed by atoms with Gasteiger partial charge < -0.3 is 14.8 Å². The maximum absolute atomic E-state index is 13.4. The summed E-state index contributed by atoms with van der Waals surface area (Å²) in [5.74, 6) is -0.921. The molecule has 5 rings (SSSR count). The fourth-order valence-electron chi connectivity index (χ4n) is 4.48. The molecule has 184 valence electrons. The summed E-state index contributed by atoms with van der Waals surface area (Å²) in [7, 11) is 0. The van der Waals surface area contributed by atoms with Crippen LogP contribution in [-0.2, 0) is 11.3 Å². The Morgan fingerprint density at radius 3 is 2.78 bits per heavy atom. The lowest BCUT2D eigenvalue weighted by Crippen LogP contribution is -2.23. The Balaban J connectivity index is 1.27. The van der Waals surface area contributed by atoms with Gasteiger partial charge >= 0.3 is 0 Å². The van der Waals surface area contributed by atoms with Crippen LogP contribution in [0.4, 0.5) is 20.9 Å². The smallest absolute Gasteiger partial charge is 0.274 e. The zero-order chi connectivity index (χ0) is 25.1. The largest absolute Gasteiger partial charge is 0.363 e. The van der Waals surface area contributed by atoms with Crippen molar-refractivity contribution >= 4 is 39.7 Å². The molecule has 1 aliphatic heterocycles. The molecule has 4 aromatic rings. The average molecular weight is 505 g/mol. The van der Waals surface area contributed by atoms with E-state index >= 15 is 0 Å². The molecular weight excluding hydrogens is 479 g/mol. The van der Waals surface area contributed by atoms with E-state index in [9.17, 15) is 14.0 Å². The van der Waals surface area contributed by atoms with Crippen LogP contribution in [0.25, 0.3) is 0 Å². The number of anilines is 3. The molecule has 1 aromatic carbocycles. The SMILES string of the molecule is CC(=O)Nc1ccc(N2CCC[C@@H]2c2csc(NC(=O)c3cccn3Cc3ccnc(F)c3)n2)cc1. The van der Waals surface area contributed by atoms with E-state index in [0.29, 0.717) is 17.4 Å². The Hall–Kier alpha value is -4.05. The predicted molar refractivity (Wildman–Crippen MR) is 138 cm³/mol. The second-order valence-corrected chi connectivity index (χ2v) is 9.48. The number of thiazole rings is 1. The molecule has 0 aliphatic carbocycles. The minimum absolute atomic E-state index is 0.0996. The van der Waals surface area contributed by atoms with E-state index in [1.807, 2.05) is 29.6 Å². The molecule has 0 radical (unpaired) electrons. The number of nitrogens with one attached hydrogen (secondary N) is 2. The van der Waals surface area contributed by atoms with E-state index in [0.717, 1.165) is 42.0 Å². The Morgan fingerprint density at radius 2 is 2.00 bits per heavy atom. The van der Waals surface area contributed by atoms with Gasteiger partial charge in [0.05, 0.1) is 11.7 Å². The summed E-state index contributed by atoms with van der Waals surface area (Å²) in [4.78, 5) is 34.9. The third-order valence-corrected chi connectivity index (χ3v) is 6.84. The van der Waals surface area contributed by atoms with Crippen LogP contribution < -0.4 is 15.5 Å². The summed E-state index contributed by atoms with van der Waals surface area (Å²) < 4.78 is 15.2. The van der Waals surface area contributed by atoms with Gasteiger partial charge in [-0.15, -0.1) is 11.3 Å². The average Bonchev–Trinajstić information content (AvgIpc) is 3.60. The Labute approximate surface area is 211 Å². The fourth-order valence-corrected chi connectivity index (χ4v) is 5.23. The van der Waals surface area contributed by atoms with Crippen molar-refractivity contribution in [2.45, 2.75) is 32.4 Å². The summed E-state index contributed by atoms with van der Waals surface area (Å²) in [5.41, 5.74) is 3.93. The first kappa shape index (κ1) is 23.7. The van der Waals surface area contributed by atoms with Crippen LogP contribution in [0.2, 0.25) is 0 Å². The van der Waals surface area contributed by atoms with Gasteiger partial charge in [0, 0.05) is 49.2 Å². The van der Waals surface area contributed by atoms with E-state index in [1.165, 1.54) is 30.5 Å². The number of carbonyl (C=O) groups excluding carboxylic acids is 2. The zero-order valence-electron chi connectivity index (χ0n) is 19.6. The lowest BCUT2D eigenvalue weighted by atomic mass is 10.1. The van der Waals surface area contributed by atoms with E-state index in [1.54, 1.807) is 29.0 Å². The van der Waals surface area contributed by atoms with Gasteiger partial charge in [0.25, 0.3) is 5.91 Å². The number of pyridine rings is 1. The molecule has 1 atom stereocenters. The molecule has 0 spiro atoms. The summed E-state index contributed by atoms with van der Waals surface area (Å²) in [5, 5.41) is 8.22. The molecule has 10 heteroatoms. The van der Waals surface area contributed by atoms with Gasteiger partial charge in [-0.25, -0.2) is 9.97 Å². The van der Waals surface area contributed by atoms with Crippen molar-refractivity contribution in [1.29, 1.82) is 0 Å². The first-order valence-corrected chi connectivity index (χ1v) is 12.5. The molecule has 0 unspecified atom stereocenters. The van der Waals surface area contributed by atoms with Crippen molar-refractivity contribution in [2.24, 2.45) is 0 Å². The van der Waals surface area contributed by atoms with E-state index in [4.69, 9.17) is 4.98 Å². The van der Waals surface area contributed by atoms with Crippen LogP contribution in [0.5, 0.6) is 0 Å². The van der Waals surface area contributed by atoms with Crippen molar-refractivity contribution < 1.29 is 14.0 Å². The first-order chi connectivity index (χ1) is 17.5. The van der Waals surface area contributed by atoms with Crippen LogP contribution in [0.15, 0.2) is 66.3 Å². The van der Waals surface area contributed by atoms with Gasteiger partial charge in [0.2, 0.25) is 11.9 Å². The van der Waals surface area contributed by atoms with Gasteiger partial charge in [-0.2, -0.15) is 4.39 Å². The molecular formula is C26H25FN6O2S. The molecule has 4 heterocycles. The molecule has 1 fully saturated rings. The number of aromatic nitrogens is 3. The molecule has 1 aliphatic rings. The lowest BCUT2D eigenvalue weighted by Gasteiger charge is -2.25. The second kappa shape index (κ2) is 10.3. The van der Waals surface area contributed by atoms with Crippen molar-refractivity contribution in [3.05, 3.63) is 89.2 Å². The van der Waals surface area contributed by atoms with Gasteiger partial charge in [0.1, 0.15) is 5.69 Å². The summed E-state index contributed by atoms with van der Waals surface area (Å²) in [6.07, 6.45) is 5.21. The highest BCUT2D eigenvalue weighted by atomic mass is 32.1. The van der Waals surface area contributed by atoms with E-state index < -0.39 is 5.95 Å². The molecule has 0 saturated carbocycles. The number of amides is 2. The van der Waals surface area contributed by atoms with Crippen LogP contribution in [0.3, 0.4) is 0 Å². The number of carbonyl (C=O) groups is 2. The maximum atomic E-state index is 13.4. The first-order valence-electron chi connectivity index (χ1n) is 11.6. The summed E-state index contributed by atoms with van der Waals surface area (Å²) >= 11 is 1.40. The van der Waals surface area contributed by atoms with Gasteiger partial charge in [-0.05, 0) is 66.9 Å². The van der Waals surface area contributed by atoms with Crippen molar-refractivity contribution in [3.63, 3.8) is 0 Å². The third kappa shape index (κ3) is 5.28. The highest BCUT2D eigenvalue weighted by Crippen LogP contribution is 2.37. The molecule has 2 amide bonds. The Morgan fingerprint density at radius 1 is 1.17 bits per heavy atom. The van der Waals surface area contributed by atoms with Gasteiger partial charge in [-0.1, -0.05) is 0 Å². The molecule has 8 nitrogen and oxygen atoms in total. The van der Waals surface area contributed by atoms with Crippen LogP contribution in [-0.4, -0.2) is 32.9 Å². The minimum atomic E-state index is -0.550. The fraction of sp³-hybridized carbons (Fsp3) is 0.231. The van der Waals surface area contributed by atoms with Crippen LogP contribution >= 0.6 is 11.3 Å². The van der Waals surface area contributed by atoms with Crippen LogP contribution in [0, 0.1) is 5.95 Å². The standard InChI is InChI=1S/C26H25FN6O2S/c1-17(34)29-19-6-8-20(9-7-19)33-13-3-4-22(33)21-16-36-26(30-21)31-25(35)23-5-2-12-32(23)15-18-10-11-28-24(27)14-18/h2,5-12,14,16,22H,3-4,13,15H2,1H3,(H,29,34)(H,30,31,35)/t22-/m1/s1.